The molecule has 0 aliphatic heterocycles. The van der Waals surface area contributed by atoms with Gasteiger partial charge in [0, 0.05) is 0 Å². The number of halogens is 5. The maximum absolute atomic E-state index is 11.8. The molecule has 6 heteroatoms. The predicted molar refractivity (Wildman–Crippen MR) is 48.1 cm³/mol. The average Bonchev–Trinajstić information content (AvgIpc) is 2.05. The highest BCUT2D eigenvalue weighted by Crippen LogP contribution is 2.38. The number of benzene rings is 1. The molecule has 0 fully saturated rings. The number of rotatable bonds is 2. The second-order valence-corrected chi connectivity index (χ2v) is 3.24. The van der Waals surface area contributed by atoms with Crippen LogP contribution in [0.2, 0.25) is 15.1 Å². The van der Waals surface area contributed by atoms with Crippen LogP contribution in [0.25, 0.3) is 0 Å². The third-order valence-corrected chi connectivity index (χ3v) is 2.29. The second kappa shape index (κ2) is 4.31. The molecule has 0 saturated heterocycles. The highest BCUT2D eigenvalue weighted by molar-refractivity contribution is 6.44. The molecular weight excluding hydrogens is 244 g/mol. The Kier molecular flexibility index (Phi) is 3.59. The Balaban J connectivity index is 3.10. The second-order valence-electron chi connectivity index (χ2n) is 2.05. The fraction of sp³-hybridized carbons (Fsp3) is 0.143. The molecule has 1 nitrogen and oxygen atoms in total. The third-order valence-electron chi connectivity index (χ3n) is 1.21. The fourth-order valence-electron chi connectivity index (χ4n) is 0.706. The zero-order chi connectivity index (χ0) is 10.0. The highest BCUT2D eigenvalue weighted by Gasteiger charge is 2.14. The molecule has 1 aromatic carbocycles. The van der Waals surface area contributed by atoms with Crippen LogP contribution in [0, 0.1) is 0 Å². The van der Waals surface area contributed by atoms with E-state index in [4.69, 9.17) is 34.8 Å². The van der Waals surface area contributed by atoms with Gasteiger partial charge in [-0.25, -0.2) is 0 Å². The van der Waals surface area contributed by atoms with Crippen molar-refractivity contribution in [1.29, 1.82) is 0 Å². The van der Waals surface area contributed by atoms with Gasteiger partial charge in [-0.1, -0.05) is 34.8 Å². The Morgan fingerprint density at radius 2 is 1.62 bits per heavy atom. The van der Waals surface area contributed by atoms with Crippen LogP contribution in [-0.2, 0) is 0 Å². The molecule has 0 radical (unpaired) electrons. The monoisotopic (exact) mass is 246 g/mol. The Morgan fingerprint density at radius 1 is 1.08 bits per heavy atom. The number of hydrogen-bond acceptors (Lipinski definition) is 1. The van der Waals surface area contributed by atoms with Crippen molar-refractivity contribution in [2.24, 2.45) is 0 Å². The van der Waals surface area contributed by atoms with Gasteiger partial charge in [0.1, 0.15) is 5.02 Å². The summed E-state index contributed by atoms with van der Waals surface area (Å²) < 4.78 is 27.7. The van der Waals surface area contributed by atoms with Crippen molar-refractivity contribution < 1.29 is 13.5 Å². The minimum atomic E-state index is -2.98. The zero-order valence-electron chi connectivity index (χ0n) is 6.03. The van der Waals surface area contributed by atoms with Gasteiger partial charge < -0.3 is 4.74 Å². The molecule has 0 aromatic heterocycles. The molecular formula is C7H3Cl3F2O. The van der Waals surface area contributed by atoms with Crippen LogP contribution in [-0.4, -0.2) is 6.61 Å². The molecule has 0 aliphatic rings. The summed E-state index contributed by atoms with van der Waals surface area (Å²) in [6.07, 6.45) is 0. The van der Waals surface area contributed by atoms with Crippen LogP contribution >= 0.6 is 34.8 Å². The smallest absolute Gasteiger partial charge is 0.387 e. The molecule has 0 amide bonds. The molecule has 0 N–H and O–H groups in total. The van der Waals surface area contributed by atoms with Crippen LogP contribution in [0.3, 0.4) is 0 Å². The maximum Gasteiger partial charge on any atom is 0.387 e. The molecule has 0 heterocycles. The molecule has 0 aliphatic carbocycles. The average molecular weight is 247 g/mol. The zero-order valence-corrected chi connectivity index (χ0v) is 8.30. The van der Waals surface area contributed by atoms with Crippen molar-refractivity contribution in [2.45, 2.75) is 6.61 Å². The first-order valence-corrected chi connectivity index (χ1v) is 4.24. The largest absolute Gasteiger partial charge is 0.432 e. The molecule has 0 saturated carbocycles. The number of hydrogen-bond donors (Lipinski definition) is 0. The first-order chi connectivity index (χ1) is 6.02. The Bertz CT molecular complexity index is 317. The minimum absolute atomic E-state index is 0.00491. The third kappa shape index (κ3) is 2.59. The van der Waals surface area contributed by atoms with E-state index in [9.17, 15) is 8.78 Å². The van der Waals surface area contributed by atoms with Gasteiger partial charge >= 0.3 is 6.61 Å². The van der Waals surface area contributed by atoms with E-state index in [0.717, 1.165) is 0 Å². The normalized spacial score (nSPS) is 10.6. The first-order valence-electron chi connectivity index (χ1n) is 3.10. The van der Waals surface area contributed by atoms with E-state index in [1.165, 1.54) is 12.1 Å². The summed E-state index contributed by atoms with van der Waals surface area (Å²) in [6, 6.07) is 2.72. The van der Waals surface area contributed by atoms with Crippen molar-refractivity contribution in [1.82, 2.24) is 0 Å². The van der Waals surface area contributed by atoms with Gasteiger partial charge in [0.15, 0.2) is 5.75 Å². The van der Waals surface area contributed by atoms with Gasteiger partial charge in [-0.15, -0.1) is 0 Å². The van der Waals surface area contributed by atoms with Crippen LogP contribution in [0.5, 0.6) is 5.75 Å². The van der Waals surface area contributed by atoms with E-state index >= 15 is 0 Å². The van der Waals surface area contributed by atoms with E-state index in [0.29, 0.717) is 0 Å². The van der Waals surface area contributed by atoms with Crippen molar-refractivity contribution in [2.75, 3.05) is 0 Å². The van der Waals surface area contributed by atoms with Crippen molar-refractivity contribution in [3.63, 3.8) is 0 Å². The van der Waals surface area contributed by atoms with E-state index in [1.807, 2.05) is 0 Å². The molecule has 13 heavy (non-hydrogen) atoms. The summed E-state index contributed by atoms with van der Waals surface area (Å²) in [5, 5.41) is -0.00844. The quantitative estimate of drug-likeness (QED) is 0.710. The number of alkyl halides is 2. The Hall–Kier alpha value is -0.250. The summed E-state index contributed by atoms with van der Waals surface area (Å²) in [7, 11) is 0. The van der Waals surface area contributed by atoms with Gasteiger partial charge in [0.05, 0.1) is 10.0 Å². The lowest BCUT2D eigenvalue weighted by Crippen LogP contribution is -2.02. The van der Waals surface area contributed by atoms with Crippen molar-refractivity contribution in [3.8, 4) is 5.75 Å². The van der Waals surface area contributed by atoms with Crippen molar-refractivity contribution in [3.05, 3.63) is 27.2 Å². The van der Waals surface area contributed by atoms with Crippen LogP contribution in [0.15, 0.2) is 12.1 Å². The predicted octanol–water partition coefficient (Wildman–Crippen LogP) is 4.25. The topological polar surface area (TPSA) is 9.23 Å². The van der Waals surface area contributed by atoms with E-state index < -0.39 is 6.61 Å². The Morgan fingerprint density at radius 3 is 2.15 bits per heavy atom. The lowest BCUT2D eigenvalue weighted by Gasteiger charge is -2.08. The summed E-state index contributed by atoms with van der Waals surface area (Å²) in [4.78, 5) is 0. The summed E-state index contributed by atoms with van der Waals surface area (Å²) in [6.45, 7) is -2.98. The molecule has 0 spiro atoms. The fourth-order valence-corrected chi connectivity index (χ4v) is 1.31. The van der Waals surface area contributed by atoms with Gasteiger partial charge in [-0.05, 0) is 12.1 Å². The molecule has 0 bridgehead atoms. The molecule has 1 rings (SSSR count). The van der Waals surface area contributed by atoms with E-state index in [1.54, 1.807) is 0 Å². The lowest BCUT2D eigenvalue weighted by molar-refractivity contribution is -0.0497. The van der Waals surface area contributed by atoms with Gasteiger partial charge in [-0.2, -0.15) is 8.78 Å². The summed E-state index contributed by atoms with van der Waals surface area (Å²) in [5.74, 6) is -0.300. The number of ether oxygens (including phenoxy) is 1. The first kappa shape index (κ1) is 10.8. The summed E-state index contributed by atoms with van der Waals surface area (Å²) in [5.41, 5.74) is 0. The molecule has 1 aromatic rings. The maximum atomic E-state index is 11.8. The molecule has 0 unspecified atom stereocenters. The SMILES string of the molecule is FC(F)Oc1c(Cl)ccc(Cl)c1Cl. The van der Waals surface area contributed by atoms with E-state index in [-0.39, 0.29) is 20.8 Å². The summed E-state index contributed by atoms with van der Waals surface area (Å²) >= 11 is 16.7. The van der Waals surface area contributed by atoms with Gasteiger partial charge in [0.2, 0.25) is 0 Å². The molecule has 72 valence electrons. The van der Waals surface area contributed by atoms with Gasteiger partial charge in [0.25, 0.3) is 0 Å². The van der Waals surface area contributed by atoms with Crippen LogP contribution in [0.4, 0.5) is 8.78 Å². The van der Waals surface area contributed by atoms with Crippen molar-refractivity contribution >= 4 is 34.8 Å². The lowest BCUT2D eigenvalue weighted by atomic mass is 10.3. The van der Waals surface area contributed by atoms with E-state index in [2.05, 4.69) is 4.74 Å². The highest BCUT2D eigenvalue weighted by atomic mass is 35.5. The van der Waals surface area contributed by atoms with Gasteiger partial charge in [-0.3, -0.25) is 0 Å². The van der Waals surface area contributed by atoms with Crippen LogP contribution in [0.1, 0.15) is 0 Å². The minimum Gasteiger partial charge on any atom is -0.432 e. The van der Waals surface area contributed by atoms with Crippen LogP contribution < -0.4 is 4.74 Å². The Labute approximate surface area is 88.2 Å². The standard InChI is InChI=1S/C7H3Cl3F2O/c8-3-1-2-4(9)6(5(3)10)13-7(11)12/h1-2,7H. The molecule has 0 atom stereocenters.